The van der Waals surface area contributed by atoms with Crippen molar-refractivity contribution in [2.75, 3.05) is 13.7 Å². The van der Waals surface area contributed by atoms with E-state index in [0.717, 1.165) is 65.1 Å². The number of aromatic nitrogens is 3. The van der Waals surface area contributed by atoms with Crippen molar-refractivity contribution in [1.29, 1.82) is 0 Å². The molecular formula is C28H32N4O2. The van der Waals surface area contributed by atoms with Crippen LogP contribution in [0.3, 0.4) is 0 Å². The first-order chi connectivity index (χ1) is 16.5. The van der Waals surface area contributed by atoms with Gasteiger partial charge >= 0.3 is 0 Å². The maximum Gasteiger partial charge on any atom is 0.255 e. The normalized spacial score (nSPS) is 12.9. The van der Waals surface area contributed by atoms with Crippen LogP contribution in [0.2, 0.25) is 0 Å². The van der Waals surface area contributed by atoms with Crippen LogP contribution in [-0.4, -0.2) is 28.0 Å². The Morgan fingerprint density at radius 1 is 1.03 bits per heavy atom. The number of hydrogen-bond acceptors (Lipinski definition) is 4. The van der Waals surface area contributed by atoms with E-state index in [1.165, 1.54) is 17.5 Å². The van der Waals surface area contributed by atoms with Crippen LogP contribution in [0.15, 0.2) is 53.3 Å². The smallest absolute Gasteiger partial charge is 0.255 e. The van der Waals surface area contributed by atoms with Crippen LogP contribution in [0, 0.1) is 13.8 Å². The summed E-state index contributed by atoms with van der Waals surface area (Å²) >= 11 is 0. The Bertz CT molecular complexity index is 1380. The molecule has 0 fully saturated rings. The molecule has 1 aliphatic rings. The van der Waals surface area contributed by atoms with E-state index >= 15 is 0 Å². The standard InChI is InChI=1S/C28H32N4O2/c1-19-13-20(2)32(30-19)12-11-29-17-25-15-24-14-22-5-4-6-23(22)16-27(24)31(28(25)33)18-21-7-9-26(34-3)10-8-21/h7-10,13-16,29H,4-6,11-12,17-18H2,1-3H3. The monoisotopic (exact) mass is 456 g/mol. The summed E-state index contributed by atoms with van der Waals surface area (Å²) in [4.78, 5) is 13.6. The molecule has 0 radical (unpaired) electrons. The minimum Gasteiger partial charge on any atom is -0.497 e. The molecule has 4 aromatic rings. The van der Waals surface area contributed by atoms with E-state index in [1.54, 1.807) is 7.11 Å². The van der Waals surface area contributed by atoms with Gasteiger partial charge < -0.3 is 14.6 Å². The maximum atomic E-state index is 13.6. The second-order valence-corrected chi connectivity index (χ2v) is 9.27. The first-order valence-corrected chi connectivity index (χ1v) is 12.0. The summed E-state index contributed by atoms with van der Waals surface area (Å²) in [6.07, 6.45) is 3.41. The number of methoxy groups -OCH3 is 1. The lowest BCUT2D eigenvalue weighted by molar-refractivity contribution is 0.414. The fraction of sp³-hybridized carbons (Fsp3) is 0.357. The van der Waals surface area contributed by atoms with E-state index in [9.17, 15) is 4.79 Å². The van der Waals surface area contributed by atoms with Crippen LogP contribution in [0.1, 0.15) is 40.1 Å². The van der Waals surface area contributed by atoms with Crippen molar-refractivity contribution in [3.05, 3.63) is 92.5 Å². The third-order valence-electron chi connectivity index (χ3n) is 6.80. The molecule has 0 bridgehead atoms. The topological polar surface area (TPSA) is 61.1 Å². The van der Waals surface area contributed by atoms with Crippen molar-refractivity contribution in [3.8, 4) is 5.75 Å². The van der Waals surface area contributed by atoms with Gasteiger partial charge in [-0.3, -0.25) is 9.48 Å². The van der Waals surface area contributed by atoms with Crippen molar-refractivity contribution in [2.24, 2.45) is 0 Å². The first-order valence-electron chi connectivity index (χ1n) is 12.0. The molecule has 2 aromatic carbocycles. The lowest BCUT2D eigenvalue weighted by Crippen LogP contribution is -2.29. The fourth-order valence-electron chi connectivity index (χ4n) is 5.02. The van der Waals surface area contributed by atoms with Crippen molar-refractivity contribution < 1.29 is 4.74 Å². The van der Waals surface area contributed by atoms with Gasteiger partial charge in [0.2, 0.25) is 0 Å². The predicted octanol–water partition coefficient (Wildman–Crippen LogP) is 4.15. The minimum atomic E-state index is 0.0693. The summed E-state index contributed by atoms with van der Waals surface area (Å²) in [6.45, 7) is 6.68. The molecule has 0 saturated carbocycles. The van der Waals surface area contributed by atoms with Gasteiger partial charge in [-0.15, -0.1) is 0 Å². The van der Waals surface area contributed by atoms with E-state index in [1.807, 2.05) is 40.4 Å². The van der Waals surface area contributed by atoms with Crippen molar-refractivity contribution in [1.82, 2.24) is 19.7 Å². The molecular weight excluding hydrogens is 424 g/mol. The molecule has 6 nitrogen and oxygen atoms in total. The molecule has 0 saturated heterocycles. The van der Waals surface area contributed by atoms with Crippen LogP contribution in [-0.2, 0) is 32.5 Å². The number of pyridine rings is 1. The molecule has 2 aromatic heterocycles. The zero-order valence-corrected chi connectivity index (χ0v) is 20.2. The van der Waals surface area contributed by atoms with Gasteiger partial charge in [-0.05, 0) is 91.6 Å². The van der Waals surface area contributed by atoms with Crippen LogP contribution in [0.5, 0.6) is 5.75 Å². The van der Waals surface area contributed by atoms with E-state index < -0.39 is 0 Å². The number of rotatable bonds is 8. The molecule has 0 spiro atoms. The Hall–Kier alpha value is -3.38. The average molecular weight is 457 g/mol. The van der Waals surface area contributed by atoms with E-state index in [2.05, 4.69) is 41.6 Å². The predicted molar refractivity (Wildman–Crippen MR) is 136 cm³/mol. The number of hydrogen-bond donors (Lipinski definition) is 1. The lowest BCUT2D eigenvalue weighted by Gasteiger charge is -2.16. The zero-order chi connectivity index (χ0) is 23.7. The molecule has 6 heteroatoms. The zero-order valence-electron chi connectivity index (χ0n) is 20.2. The quantitative estimate of drug-likeness (QED) is 0.405. The largest absolute Gasteiger partial charge is 0.497 e. The van der Waals surface area contributed by atoms with Gasteiger partial charge in [0.15, 0.2) is 0 Å². The van der Waals surface area contributed by atoms with Crippen LogP contribution in [0.25, 0.3) is 10.9 Å². The molecule has 0 amide bonds. The molecule has 1 aliphatic carbocycles. The van der Waals surface area contributed by atoms with E-state index in [4.69, 9.17) is 4.74 Å². The summed E-state index contributed by atoms with van der Waals surface area (Å²) in [5.41, 5.74) is 7.96. The first kappa shape index (κ1) is 22.4. The molecule has 0 aliphatic heterocycles. The molecule has 5 rings (SSSR count). The van der Waals surface area contributed by atoms with Gasteiger partial charge in [-0.1, -0.05) is 12.1 Å². The van der Waals surface area contributed by atoms with E-state index in [0.29, 0.717) is 13.1 Å². The minimum absolute atomic E-state index is 0.0693. The Balaban J connectivity index is 1.44. The second kappa shape index (κ2) is 9.47. The summed E-state index contributed by atoms with van der Waals surface area (Å²) in [7, 11) is 1.67. The Morgan fingerprint density at radius 2 is 1.79 bits per heavy atom. The van der Waals surface area contributed by atoms with Crippen molar-refractivity contribution in [2.45, 2.75) is 52.7 Å². The molecule has 34 heavy (non-hydrogen) atoms. The summed E-state index contributed by atoms with van der Waals surface area (Å²) in [5.74, 6) is 0.819. The Kier molecular flexibility index (Phi) is 6.24. The van der Waals surface area contributed by atoms with Gasteiger partial charge in [-0.2, -0.15) is 5.10 Å². The number of fused-ring (bicyclic) bond motifs is 2. The molecule has 0 atom stereocenters. The van der Waals surface area contributed by atoms with Crippen molar-refractivity contribution in [3.63, 3.8) is 0 Å². The van der Waals surface area contributed by atoms with E-state index in [-0.39, 0.29) is 5.56 Å². The fourth-order valence-corrected chi connectivity index (χ4v) is 5.02. The highest BCUT2D eigenvalue weighted by Crippen LogP contribution is 2.28. The van der Waals surface area contributed by atoms with Crippen LogP contribution in [0.4, 0.5) is 0 Å². The van der Waals surface area contributed by atoms with Gasteiger partial charge in [0.05, 0.1) is 31.4 Å². The summed E-state index contributed by atoms with van der Waals surface area (Å²) in [6, 6.07) is 16.7. The SMILES string of the molecule is COc1ccc(Cn2c(=O)c(CNCCn3nc(C)cc3C)cc3cc4c(cc32)CCC4)cc1. The summed E-state index contributed by atoms with van der Waals surface area (Å²) < 4.78 is 9.24. The third-order valence-corrected chi connectivity index (χ3v) is 6.80. The molecule has 0 unspecified atom stereocenters. The van der Waals surface area contributed by atoms with Gasteiger partial charge in [0, 0.05) is 24.3 Å². The van der Waals surface area contributed by atoms with Crippen LogP contribution < -0.4 is 15.6 Å². The number of ether oxygens (including phenoxy) is 1. The number of nitrogens with one attached hydrogen (secondary N) is 1. The molecule has 2 heterocycles. The molecule has 1 N–H and O–H groups in total. The number of aryl methyl sites for hydroxylation is 4. The highest BCUT2D eigenvalue weighted by atomic mass is 16.5. The average Bonchev–Trinajstić information content (AvgIpc) is 3.42. The van der Waals surface area contributed by atoms with Gasteiger partial charge in [0.1, 0.15) is 5.75 Å². The van der Waals surface area contributed by atoms with Gasteiger partial charge in [0.25, 0.3) is 5.56 Å². The highest BCUT2D eigenvalue weighted by Gasteiger charge is 2.16. The lowest BCUT2D eigenvalue weighted by atomic mass is 10.0. The third kappa shape index (κ3) is 4.50. The van der Waals surface area contributed by atoms with Gasteiger partial charge in [-0.25, -0.2) is 0 Å². The number of benzene rings is 2. The highest BCUT2D eigenvalue weighted by molar-refractivity contribution is 5.82. The Labute approximate surface area is 200 Å². The second-order valence-electron chi connectivity index (χ2n) is 9.27. The van der Waals surface area contributed by atoms with Crippen LogP contribution >= 0.6 is 0 Å². The Morgan fingerprint density at radius 3 is 2.50 bits per heavy atom. The van der Waals surface area contributed by atoms with Crippen molar-refractivity contribution >= 4 is 10.9 Å². The maximum absolute atomic E-state index is 13.6. The summed E-state index contributed by atoms with van der Waals surface area (Å²) in [5, 5.41) is 9.12. The molecule has 176 valence electrons. The number of nitrogens with zero attached hydrogens (tertiary/aromatic N) is 3.